The molecule has 0 bridgehead atoms. The molecular formula is C18H23NO2S2. The number of aliphatic hydroxyl groups excluding tert-OH is 1. The molecular weight excluding hydrogens is 326 g/mol. The van der Waals surface area contributed by atoms with Crippen molar-refractivity contribution in [1.82, 2.24) is 0 Å². The lowest BCUT2D eigenvalue weighted by atomic mass is 10.1. The second-order valence-corrected chi connectivity index (χ2v) is 7.89. The van der Waals surface area contributed by atoms with Crippen LogP contribution in [0.15, 0.2) is 58.3 Å². The predicted octanol–water partition coefficient (Wildman–Crippen LogP) is 4.07. The molecule has 0 aliphatic rings. The maximum Gasteiger partial charge on any atom is 0.0498 e. The van der Waals surface area contributed by atoms with E-state index in [1.54, 1.807) is 18.0 Å². The van der Waals surface area contributed by atoms with Crippen LogP contribution in [0.5, 0.6) is 0 Å². The summed E-state index contributed by atoms with van der Waals surface area (Å²) >= 11 is 1.76. The molecule has 124 valence electrons. The van der Waals surface area contributed by atoms with Crippen LogP contribution in [0.1, 0.15) is 24.9 Å². The Bertz CT molecular complexity index is 626. The molecule has 0 amide bonds. The molecule has 3 nitrogen and oxygen atoms in total. The van der Waals surface area contributed by atoms with Gasteiger partial charge in [-0.1, -0.05) is 12.1 Å². The number of hydrogen-bond donors (Lipinski definition) is 2. The average molecular weight is 350 g/mol. The van der Waals surface area contributed by atoms with Crippen LogP contribution in [0.2, 0.25) is 0 Å². The summed E-state index contributed by atoms with van der Waals surface area (Å²) in [5.74, 6) is 0.935. The van der Waals surface area contributed by atoms with Crippen molar-refractivity contribution >= 4 is 28.2 Å². The fourth-order valence-electron chi connectivity index (χ4n) is 2.18. The van der Waals surface area contributed by atoms with Crippen LogP contribution in [0.25, 0.3) is 0 Å². The van der Waals surface area contributed by atoms with Crippen LogP contribution < -0.4 is 5.32 Å². The summed E-state index contributed by atoms with van der Waals surface area (Å²) in [6.07, 6.45) is 2.51. The van der Waals surface area contributed by atoms with Gasteiger partial charge in [-0.3, -0.25) is 4.21 Å². The maximum absolute atomic E-state index is 11.4. The van der Waals surface area contributed by atoms with Crippen molar-refractivity contribution in [1.29, 1.82) is 0 Å². The van der Waals surface area contributed by atoms with Crippen molar-refractivity contribution in [3.8, 4) is 0 Å². The van der Waals surface area contributed by atoms with E-state index in [0.717, 1.165) is 22.8 Å². The number of benzene rings is 2. The van der Waals surface area contributed by atoms with Crippen molar-refractivity contribution < 1.29 is 9.32 Å². The van der Waals surface area contributed by atoms with Crippen LogP contribution in [-0.2, 0) is 10.8 Å². The lowest BCUT2D eigenvalue weighted by Crippen LogP contribution is -2.06. The van der Waals surface area contributed by atoms with Gasteiger partial charge >= 0.3 is 0 Å². The number of aliphatic hydroxyl groups is 1. The van der Waals surface area contributed by atoms with Crippen LogP contribution in [0.4, 0.5) is 5.69 Å². The Morgan fingerprint density at radius 1 is 1.13 bits per heavy atom. The van der Waals surface area contributed by atoms with Gasteiger partial charge in [0.05, 0.1) is 0 Å². The number of anilines is 1. The third-order valence-corrected chi connectivity index (χ3v) is 5.56. The summed E-state index contributed by atoms with van der Waals surface area (Å²) in [6, 6.07) is 16.4. The van der Waals surface area contributed by atoms with Gasteiger partial charge in [-0.05, 0) is 55.3 Å². The zero-order chi connectivity index (χ0) is 16.7. The summed E-state index contributed by atoms with van der Waals surface area (Å²) in [4.78, 5) is 2.07. The molecule has 0 aliphatic carbocycles. The van der Waals surface area contributed by atoms with E-state index in [1.807, 2.05) is 24.3 Å². The Balaban J connectivity index is 1.94. The van der Waals surface area contributed by atoms with Crippen molar-refractivity contribution in [2.75, 3.05) is 23.9 Å². The third kappa shape index (κ3) is 5.68. The largest absolute Gasteiger partial charge is 0.396 e. The van der Waals surface area contributed by atoms with E-state index in [4.69, 9.17) is 5.11 Å². The van der Waals surface area contributed by atoms with Crippen molar-refractivity contribution in [2.45, 2.75) is 29.2 Å². The molecule has 2 unspecified atom stereocenters. The Hall–Kier alpha value is -1.30. The van der Waals surface area contributed by atoms with Gasteiger partial charge in [-0.2, -0.15) is 0 Å². The Morgan fingerprint density at radius 2 is 1.78 bits per heavy atom. The minimum Gasteiger partial charge on any atom is -0.396 e. The predicted molar refractivity (Wildman–Crippen MR) is 99.7 cm³/mol. The second-order valence-electron chi connectivity index (χ2n) is 5.34. The van der Waals surface area contributed by atoms with E-state index in [1.165, 1.54) is 10.5 Å². The van der Waals surface area contributed by atoms with E-state index >= 15 is 0 Å². The summed E-state index contributed by atoms with van der Waals surface area (Å²) < 4.78 is 11.4. The maximum atomic E-state index is 11.4. The molecule has 0 aromatic heterocycles. The monoisotopic (exact) mass is 349 g/mol. The number of hydrogen-bond acceptors (Lipinski definition) is 4. The lowest BCUT2D eigenvalue weighted by molar-refractivity contribution is 0.296. The molecule has 0 saturated carbocycles. The first-order valence-corrected chi connectivity index (χ1v) is 10.2. The average Bonchev–Trinajstić information content (AvgIpc) is 2.56. The molecule has 2 N–H and O–H groups in total. The molecule has 0 fully saturated rings. The van der Waals surface area contributed by atoms with E-state index in [9.17, 15) is 4.21 Å². The molecule has 2 aromatic carbocycles. The quantitative estimate of drug-likeness (QED) is 0.557. The SMILES string of the molecule is CC(Nc1ccc(SCCCO)cc1)c1ccc(S(C)=O)cc1. The van der Waals surface area contributed by atoms with Crippen LogP contribution in [0.3, 0.4) is 0 Å². The second kappa shape index (κ2) is 9.11. The standard InChI is InChI=1S/C18H23NO2S2/c1-14(15-4-10-18(11-5-15)23(2)21)19-16-6-8-17(9-7-16)22-13-3-12-20/h4-11,14,19-20H,3,12-13H2,1-2H3. The molecule has 0 aliphatic heterocycles. The Morgan fingerprint density at radius 3 is 2.35 bits per heavy atom. The molecule has 23 heavy (non-hydrogen) atoms. The Kier molecular flexibility index (Phi) is 7.15. The number of rotatable bonds is 8. The van der Waals surface area contributed by atoms with Gasteiger partial charge in [0.2, 0.25) is 0 Å². The highest BCUT2D eigenvalue weighted by Gasteiger charge is 2.06. The zero-order valence-corrected chi connectivity index (χ0v) is 15.1. The normalized spacial score (nSPS) is 13.5. The molecule has 0 radical (unpaired) electrons. The van der Waals surface area contributed by atoms with Crippen LogP contribution in [-0.4, -0.2) is 27.9 Å². The van der Waals surface area contributed by atoms with Gasteiger partial charge in [0.1, 0.15) is 0 Å². The molecule has 5 heteroatoms. The van der Waals surface area contributed by atoms with Crippen molar-refractivity contribution in [3.05, 3.63) is 54.1 Å². The van der Waals surface area contributed by atoms with Gasteiger partial charge in [0, 0.05) is 50.9 Å². The Labute approximate surface area is 145 Å². The van der Waals surface area contributed by atoms with Crippen LogP contribution >= 0.6 is 11.8 Å². The highest BCUT2D eigenvalue weighted by molar-refractivity contribution is 7.99. The van der Waals surface area contributed by atoms with E-state index < -0.39 is 10.8 Å². The highest BCUT2D eigenvalue weighted by atomic mass is 32.2. The molecule has 0 heterocycles. The number of thioether (sulfide) groups is 1. The summed E-state index contributed by atoms with van der Waals surface area (Å²) in [7, 11) is -0.933. The fourth-order valence-corrected chi connectivity index (χ4v) is 3.54. The third-order valence-electron chi connectivity index (χ3n) is 3.52. The van der Waals surface area contributed by atoms with E-state index in [2.05, 4.69) is 36.5 Å². The van der Waals surface area contributed by atoms with Gasteiger partial charge in [-0.15, -0.1) is 11.8 Å². The summed E-state index contributed by atoms with van der Waals surface area (Å²) in [5.41, 5.74) is 2.24. The van der Waals surface area contributed by atoms with E-state index in [-0.39, 0.29) is 12.6 Å². The topological polar surface area (TPSA) is 49.3 Å². The number of nitrogens with one attached hydrogen (secondary N) is 1. The molecule has 2 rings (SSSR count). The smallest absolute Gasteiger partial charge is 0.0498 e. The minimum absolute atomic E-state index is 0.183. The zero-order valence-electron chi connectivity index (χ0n) is 13.5. The molecule has 2 aromatic rings. The first-order valence-electron chi connectivity index (χ1n) is 7.64. The van der Waals surface area contributed by atoms with Gasteiger partial charge in [0.25, 0.3) is 0 Å². The summed E-state index contributed by atoms with van der Waals surface area (Å²) in [6.45, 7) is 2.36. The first-order chi connectivity index (χ1) is 11.1. The van der Waals surface area contributed by atoms with Gasteiger partial charge in [-0.25, -0.2) is 0 Å². The van der Waals surface area contributed by atoms with E-state index in [0.29, 0.717) is 0 Å². The van der Waals surface area contributed by atoms with Crippen molar-refractivity contribution in [3.63, 3.8) is 0 Å². The molecule has 0 spiro atoms. The van der Waals surface area contributed by atoms with Crippen molar-refractivity contribution in [2.24, 2.45) is 0 Å². The lowest BCUT2D eigenvalue weighted by Gasteiger charge is -2.16. The summed E-state index contributed by atoms with van der Waals surface area (Å²) in [5, 5.41) is 12.3. The minimum atomic E-state index is -0.933. The first kappa shape index (κ1) is 18.0. The van der Waals surface area contributed by atoms with Gasteiger partial charge < -0.3 is 10.4 Å². The highest BCUT2D eigenvalue weighted by Crippen LogP contribution is 2.24. The van der Waals surface area contributed by atoms with Crippen LogP contribution in [0, 0.1) is 0 Å². The fraction of sp³-hybridized carbons (Fsp3) is 0.333. The molecule has 0 saturated heterocycles. The van der Waals surface area contributed by atoms with Gasteiger partial charge in [0.15, 0.2) is 0 Å². The molecule has 2 atom stereocenters.